The molecule has 31 heavy (non-hydrogen) atoms. The van der Waals surface area contributed by atoms with Gasteiger partial charge in [0.15, 0.2) is 0 Å². The molecule has 1 saturated carbocycles. The predicted molar refractivity (Wildman–Crippen MR) is 119 cm³/mol. The zero-order valence-corrected chi connectivity index (χ0v) is 17.8. The van der Waals surface area contributed by atoms with Gasteiger partial charge >= 0.3 is 0 Å². The summed E-state index contributed by atoms with van der Waals surface area (Å²) in [7, 11) is 0. The van der Waals surface area contributed by atoms with Gasteiger partial charge in [0, 0.05) is 31.1 Å². The third-order valence-corrected chi connectivity index (χ3v) is 6.08. The van der Waals surface area contributed by atoms with E-state index in [1.165, 1.54) is 5.56 Å². The van der Waals surface area contributed by atoms with Crippen molar-refractivity contribution in [2.75, 3.05) is 18.4 Å². The van der Waals surface area contributed by atoms with Crippen molar-refractivity contribution in [3.8, 4) is 0 Å². The Labute approximate surface area is 183 Å². The molecule has 0 aromatic heterocycles. The standard InChI is InChI=1S/C25H29N3O3/c1-17(19-9-11-22(12-10-19)27-24(30)20-7-8-20)26-25(31)21-15-23(29)28(16-21)14-13-18-5-3-2-4-6-18/h2-6,9-12,17,20-21H,7-8,13-16H2,1H3,(H,26,31)(H,27,30). The number of likely N-dealkylation sites (tertiary alicyclic amines) is 1. The second-order valence-electron chi connectivity index (χ2n) is 8.59. The Morgan fingerprint density at radius 2 is 1.71 bits per heavy atom. The van der Waals surface area contributed by atoms with E-state index in [0.717, 1.165) is 30.5 Å². The first-order valence-corrected chi connectivity index (χ1v) is 11.0. The maximum absolute atomic E-state index is 12.7. The highest BCUT2D eigenvalue weighted by atomic mass is 16.2. The van der Waals surface area contributed by atoms with Crippen LogP contribution < -0.4 is 10.6 Å². The monoisotopic (exact) mass is 419 g/mol. The van der Waals surface area contributed by atoms with Crippen LogP contribution in [0.25, 0.3) is 0 Å². The minimum absolute atomic E-state index is 0.0412. The Kier molecular flexibility index (Phi) is 6.35. The topological polar surface area (TPSA) is 78.5 Å². The molecule has 2 N–H and O–H groups in total. The van der Waals surface area contributed by atoms with Crippen molar-refractivity contribution in [2.45, 2.75) is 38.6 Å². The fraction of sp³-hybridized carbons (Fsp3) is 0.400. The molecule has 0 bridgehead atoms. The average Bonchev–Trinajstić information content (AvgIpc) is 3.56. The molecule has 2 aromatic rings. The zero-order chi connectivity index (χ0) is 21.8. The summed E-state index contributed by atoms with van der Waals surface area (Å²) in [5.74, 6) is -0.118. The molecular formula is C25H29N3O3. The molecule has 2 fully saturated rings. The number of carbonyl (C=O) groups is 3. The van der Waals surface area contributed by atoms with Gasteiger partial charge in [0.1, 0.15) is 0 Å². The van der Waals surface area contributed by atoms with Crippen molar-refractivity contribution in [2.24, 2.45) is 11.8 Å². The maximum atomic E-state index is 12.7. The third-order valence-electron chi connectivity index (χ3n) is 6.08. The molecule has 1 saturated heterocycles. The van der Waals surface area contributed by atoms with Crippen molar-refractivity contribution in [3.63, 3.8) is 0 Å². The summed E-state index contributed by atoms with van der Waals surface area (Å²) in [4.78, 5) is 38.8. The average molecular weight is 420 g/mol. The highest BCUT2D eigenvalue weighted by Gasteiger charge is 2.34. The molecule has 2 aromatic carbocycles. The van der Waals surface area contributed by atoms with Gasteiger partial charge in [0.2, 0.25) is 17.7 Å². The molecule has 6 nitrogen and oxygen atoms in total. The summed E-state index contributed by atoms with van der Waals surface area (Å²) >= 11 is 0. The minimum Gasteiger partial charge on any atom is -0.349 e. The quantitative estimate of drug-likeness (QED) is 0.689. The van der Waals surface area contributed by atoms with Crippen molar-refractivity contribution < 1.29 is 14.4 Å². The van der Waals surface area contributed by atoms with Gasteiger partial charge in [-0.3, -0.25) is 14.4 Å². The number of benzene rings is 2. The first kappa shape index (κ1) is 21.1. The molecule has 2 aliphatic rings. The molecule has 1 heterocycles. The van der Waals surface area contributed by atoms with Gasteiger partial charge in [-0.25, -0.2) is 0 Å². The smallest absolute Gasteiger partial charge is 0.227 e. The first-order chi connectivity index (χ1) is 15.0. The second kappa shape index (κ2) is 9.33. The fourth-order valence-electron chi connectivity index (χ4n) is 3.93. The minimum atomic E-state index is -0.317. The lowest BCUT2D eigenvalue weighted by Crippen LogP contribution is -2.35. The van der Waals surface area contributed by atoms with E-state index in [1.54, 1.807) is 4.90 Å². The zero-order valence-electron chi connectivity index (χ0n) is 17.8. The van der Waals surface area contributed by atoms with Gasteiger partial charge in [-0.15, -0.1) is 0 Å². The SMILES string of the molecule is CC(NC(=O)C1CC(=O)N(CCc2ccccc2)C1)c1ccc(NC(=O)C2CC2)cc1. The van der Waals surface area contributed by atoms with E-state index in [9.17, 15) is 14.4 Å². The van der Waals surface area contributed by atoms with Crippen molar-refractivity contribution in [1.82, 2.24) is 10.2 Å². The Morgan fingerprint density at radius 3 is 2.39 bits per heavy atom. The largest absolute Gasteiger partial charge is 0.349 e. The predicted octanol–water partition coefficient (Wildman–Crippen LogP) is 3.30. The molecule has 2 unspecified atom stereocenters. The van der Waals surface area contributed by atoms with Crippen LogP contribution in [-0.2, 0) is 20.8 Å². The molecular weight excluding hydrogens is 390 g/mol. The van der Waals surface area contributed by atoms with Crippen LogP contribution in [0.3, 0.4) is 0 Å². The van der Waals surface area contributed by atoms with E-state index >= 15 is 0 Å². The van der Waals surface area contributed by atoms with Crippen LogP contribution >= 0.6 is 0 Å². The molecule has 1 aliphatic heterocycles. The van der Waals surface area contributed by atoms with E-state index in [4.69, 9.17) is 0 Å². The van der Waals surface area contributed by atoms with E-state index in [-0.39, 0.29) is 42.0 Å². The Balaban J connectivity index is 1.26. The fourth-order valence-corrected chi connectivity index (χ4v) is 3.93. The summed E-state index contributed by atoms with van der Waals surface area (Å²) < 4.78 is 0. The Bertz CT molecular complexity index is 938. The number of rotatable bonds is 8. The first-order valence-electron chi connectivity index (χ1n) is 11.0. The van der Waals surface area contributed by atoms with Gasteiger partial charge < -0.3 is 15.5 Å². The highest BCUT2D eigenvalue weighted by Crippen LogP contribution is 2.30. The number of hydrogen-bond donors (Lipinski definition) is 2. The maximum Gasteiger partial charge on any atom is 0.227 e. The summed E-state index contributed by atoms with van der Waals surface area (Å²) in [5.41, 5.74) is 2.92. The second-order valence-corrected chi connectivity index (χ2v) is 8.59. The molecule has 3 amide bonds. The summed E-state index contributed by atoms with van der Waals surface area (Å²) in [6.45, 7) is 3.03. The van der Waals surface area contributed by atoms with Crippen LogP contribution in [0.5, 0.6) is 0 Å². The van der Waals surface area contributed by atoms with Crippen LogP contribution in [0.15, 0.2) is 54.6 Å². The molecule has 2 atom stereocenters. The summed E-state index contributed by atoms with van der Waals surface area (Å²) in [6.07, 6.45) is 3.00. The normalized spacial score (nSPS) is 19.2. The van der Waals surface area contributed by atoms with Gasteiger partial charge in [-0.05, 0) is 49.4 Å². The number of hydrogen-bond acceptors (Lipinski definition) is 3. The van der Waals surface area contributed by atoms with E-state index in [1.807, 2.05) is 49.4 Å². The van der Waals surface area contributed by atoms with Gasteiger partial charge in [-0.1, -0.05) is 42.5 Å². The number of carbonyl (C=O) groups excluding carboxylic acids is 3. The molecule has 1 aliphatic carbocycles. The highest BCUT2D eigenvalue weighted by molar-refractivity contribution is 5.94. The summed E-state index contributed by atoms with van der Waals surface area (Å²) in [5, 5.41) is 5.96. The molecule has 0 spiro atoms. The Hall–Kier alpha value is -3.15. The van der Waals surface area contributed by atoms with Gasteiger partial charge in [-0.2, -0.15) is 0 Å². The molecule has 162 valence electrons. The lowest BCUT2D eigenvalue weighted by Gasteiger charge is -2.19. The number of amides is 3. The van der Waals surface area contributed by atoms with Crippen molar-refractivity contribution >= 4 is 23.4 Å². The molecule has 0 radical (unpaired) electrons. The molecule has 4 rings (SSSR count). The van der Waals surface area contributed by atoms with Crippen molar-refractivity contribution in [1.29, 1.82) is 0 Å². The van der Waals surface area contributed by atoms with Gasteiger partial charge in [0.25, 0.3) is 0 Å². The van der Waals surface area contributed by atoms with Crippen LogP contribution in [0.2, 0.25) is 0 Å². The van der Waals surface area contributed by atoms with E-state index in [2.05, 4.69) is 22.8 Å². The van der Waals surface area contributed by atoms with Crippen LogP contribution in [0.4, 0.5) is 5.69 Å². The Morgan fingerprint density at radius 1 is 1.00 bits per heavy atom. The number of nitrogens with zero attached hydrogens (tertiary/aromatic N) is 1. The molecule has 6 heteroatoms. The summed E-state index contributed by atoms with van der Waals surface area (Å²) in [6, 6.07) is 17.4. The van der Waals surface area contributed by atoms with Gasteiger partial charge in [0.05, 0.1) is 12.0 Å². The van der Waals surface area contributed by atoms with Crippen LogP contribution in [0.1, 0.15) is 43.4 Å². The lowest BCUT2D eigenvalue weighted by molar-refractivity contribution is -0.129. The van der Waals surface area contributed by atoms with Crippen LogP contribution in [0, 0.1) is 11.8 Å². The number of anilines is 1. The third kappa shape index (κ3) is 5.51. The van der Waals surface area contributed by atoms with Crippen molar-refractivity contribution in [3.05, 3.63) is 65.7 Å². The number of nitrogens with one attached hydrogen (secondary N) is 2. The lowest BCUT2D eigenvalue weighted by atomic mass is 10.0. The van der Waals surface area contributed by atoms with E-state index in [0.29, 0.717) is 13.1 Å². The van der Waals surface area contributed by atoms with Crippen LogP contribution in [-0.4, -0.2) is 35.7 Å². The van der Waals surface area contributed by atoms with E-state index < -0.39 is 0 Å².